The van der Waals surface area contributed by atoms with Crippen molar-refractivity contribution in [3.05, 3.63) is 58.4 Å². The molecular formula is C14H11ClN2O. The molecule has 0 spiro atoms. The summed E-state index contributed by atoms with van der Waals surface area (Å²) in [6, 6.07) is 12.4. The molecule has 4 heteroatoms. The largest absolute Gasteiger partial charge is 0.344 e. The van der Waals surface area contributed by atoms with Crippen LogP contribution in [0.5, 0.6) is 0 Å². The van der Waals surface area contributed by atoms with Crippen molar-refractivity contribution in [3.8, 4) is 6.07 Å². The van der Waals surface area contributed by atoms with E-state index in [1.54, 1.807) is 48.0 Å². The van der Waals surface area contributed by atoms with Crippen molar-refractivity contribution < 1.29 is 4.79 Å². The number of hydrogen-bond donors (Lipinski definition) is 0. The molecule has 0 amide bonds. The average molecular weight is 259 g/mol. The summed E-state index contributed by atoms with van der Waals surface area (Å²) in [7, 11) is 1.79. The number of carbonyl (C=O) groups excluding carboxylic acids is 1. The molecule has 0 saturated carbocycles. The second-order valence-corrected chi connectivity index (χ2v) is 4.38. The normalized spacial score (nSPS) is 10.1. The summed E-state index contributed by atoms with van der Waals surface area (Å²) >= 11 is 5.79. The molecule has 0 atom stereocenters. The Labute approximate surface area is 110 Å². The Balaban J connectivity index is 2.35. The van der Waals surface area contributed by atoms with E-state index in [1.807, 2.05) is 0 Å². The summed E-state index contributed by atoms with van der Waals surface area (Å²) in [5.41, 5.74) is 1.99. The van der Waals surface area contributed by atoms with E-state index in [1.165, 1.54) is 0 Å². The molecule has 0 fully saturated rings. The molecule has 18 heavy (non-hydrogen) atoms. The molecule has 0 aliphatic carbocycles. The van der Waals surface area contributed by atoms with Crippen molar-refractivity contribution in [2.45, 2.75) is 6.42 Å². The Morgan fingerprint density at radius 2 is 1.94 bits per heavy atom. The van der Waals surface area contributed by atoms with Crippen LogP contribution in [0.4, 0.5) is 0 Å². The fraction of sp³-hybridized carbons (Fsp3) is 0.143. The summed E-state index contributed by atoms with van der Waals surface area (Å²) in [5.74, 6) is -0.0710. The number of rotatable bonds is 3. The SMILES string of the molecule is Cn1c(CC#N)ccc1C(=O)c1ccc(Cl)cc1. The zero-order valence-corrected chi connectivity index (χ0v) is 10.6. The van der Waals surface area contributed by atoms with Gasteiger partial charge >= 0.3 is 0 Å². The number of benzene rings is 1. The highest BCUT2D eigenvalue weighted by Crippen LogP contribution is 2.16. The van der Waals surface area contributed by atoms with Gasteiger partial charge < -0.3 is 4.57 Å². The second kappa shape index (κ2) is 5.07. The van der Waals surface area contributed by atoms with Gasteiger partial charge in [0.25, 0.3) is 0 Å². The van der Waals surface area contributed by atoms with E-state index in [0.717, 1.165) is 5.69 Å². The van der Waals surface area contributed by atoms with Crippen LogP contribution in [0.25, 0.3) is 0 Å². The van der Waals surface area contributed by atoms with Gasteiger partial charge in [-0.15, -0.1) is 0 Å². The van der Waals surface area contributed by atoms with Crippen molar-refractivity contribution in [2.75, 3.05) is 0 Å². The third kappa shape index (κ3) is 2.29. The first kappa shape index (κ1) is 12.4. The fourth-order valence-corrected chi connectivity index (χ4v) is 1.92. The van der Waals surface area contributed by atoms with Gasteiger partial charge in [0.2, 0.25) is 5.78 Å². The number of hydrogen-bond acceptors (Lipinski definition) is 2. The number of nitriles is 1. The molecule has 3 nitrogen and oxygen atoms in total. The van der Waals surface area contributed by atoms with Crippen LogP contribution < -0.4 is 0 Å². The highest BCUT2D eigenvalue weighted by molar-refractivity contribution is 6.30. The highest BCUT2D eigenvalue weighted by atomic mass is 35.5. The van der Waals surface area contributed by atoms with Crippen LogP contribution in [-0.4, -0.2) is 10.4 Å². The smallest absolute Gasteiger partial charge is 0.209 e. The first-order valence-electron chi connectivity index (χ1n) is 5.45. The molecule has 0 unspecified atom stereocenters. The van der Waals surface area contributed by atoms with Crippen molar-refractivity contribution in [1.29, 1.82) is 5.26 Å². The number of carbonyl (C=O) groups is 1. The van der Waals surface area contributed by atoms with Crippen molar-refractivity contribution in [2.24, 2.45) is 7.05 Å². The van der Waals surface area contributed by atoms with Gasteiger partial charge in [0.1, 0.15) is 0 Å². The van der Waals surface area contributed by atoms with E-state index in [4.69, 9.17) is 16.9 Å². The highest BCUT2D eigenvalue weighted by Gasteiger charge is 2.14. The number of halogens is 1. The molecule has 0 bridgehead atoms. The maximum absolute atomic E-state index is 12.2. The molecule has 0 N–H and O–H groups in total. The third-order valence-electron chi connectivity index (χ3n) is 2.82. The van der Waals surface area contributed by atoms with E-state index in [-0.39, 0.29) is 5.78 Å². The summed E-state index contributed by atoms with van der Waals surface area (Å²) in [6.07, 6.45) is 0.296. The summed E-state index contributed by atoms with van der Waals surface area (Å²) in [6.45, 7) is 0. The molecule has 90 valence electrons. The lowest BCUT2D eigenvalue weighted by Crippen LogP contribution is -2.08. The van der Waals surface area contributed by atoms with Crippen molar-refractivity contribution in [1.82, 2.24) is 4.57 Å². The molecule has 2 aromatic rings. The Kier molecular flexibility index (Phi) is 3.50. The van der Waals surface area contributed by atoms with Crippen LogP contribution in [0.2, 0.25) is 5.02 Å². The van der Waals surface area contributed by atoms with Gasteiger partial charge in [-0.25, -0.2) is 0 Å². The average Bonchev–Trinajstić information content (AvgIpc) is 2.72. The van der Waals surface area contributed by atoms with Crippen LogP contribution in [0, 0.1) is 11.3 Å². The zero-order chi connectivity index (χ0) is 13.1. The maximum atomic E-state index is 12.2. The van der Waals surface area contributed by atoms with E-state index < -0.39 is 0 Å². The van der Waals surface area contributed by atoms with Gasteiger partial charge in [0.15, 0.2) is 0 Å². The standard InChI is InChI=1S/C14H11ClN2O/c1-17-12(8-9-16)6-7-13(17)14(18)10-2-4-11(15)5-3-10/h2-7H,8H2,1H3. The molecule has 0 radical (unpaired) electrons. The minimum absolute atomic E-state index is 0.0710. The van der Waals surface area contributed by atoms with Gasteiger partial charge in [-0.2, -0.15) is 5.26 Å². The lowest BCUT2D eigenvalue weighted by atomic mass is 10.1. The summed E-state index contributed by atoms with van der Waals surface area (Å²) in [4.78, 5) is 12.2. The van der Waals surface area contributed by atoms with Crippen molar-refractivity contribution >= 4 is 17.4 Å². The van der Waals surface area contributed by atoms with Crippen LogP contribution in [0.3, 0.4) is 0 Å². The van der Waals surface area contributed by atoms with Crippen LogP contribution in [-0.2, 0) is 13.5 Å². The Morgan fingerprint density at radius 3 is 2.56 bits per heavy atom. The summed E-state index contributed by atoms with van der Waals surface area (Å²) in [5, 5.41) is 9.28. The molecule has 0 saturated heterocycles. The van der Waals surface area contributed by atoms with Crippen molar-refractivity contribution in [3.63, 3.8) is 0 Å². The first-order chi connectivity index (χ1) is 8.63. The topological polar surface area (TPSA) is 45.8 Å². The van der Waals surface area contributed by atoms with Gasteiger partial charge in [-0.3, -0.25) is 4.79 Å². The maximum Gasteiger partial charge on any atom is 0.209 e. The minimum Gasteiger partial charge on any atom is -0.344 e. The van der Waals surface area contributed by atoms with Gasteiger partial charge in [-0.05, 0) is 36.4 Å². The predicted octanol–water partition coefficient (Wildman–Crippen LogP) is 2.98. The van der Waals surface area contributed by atoms with E-state index >= 15 is 0 Å². The van der Waals surface area contributed by atoms with E-state index in [9.17, 15) is 4.79 Å². The molecular weight excluding hydrogens is 248 g/mol. The van der Waals surface area contributed by atoms with Gasteiger partial charge in [-0.1, -0.05) is 11.6 Å². The number of aromatic nitrogens is 1. The van der Waals surface area contributed by atoms with E-state index in [0.29, 0.717) is 22.7 Å². The molecule has 1 aromatic heterocycles. The molecule has 2 rings (SSSR count). The second-order valence-electron chi connectivity index (χ2n) is 3.94. The van der Waals surface area contributed by atoms with Gasteiger partial charge in [0, 0.05) is 23.3 Å². The molecule has 0 aliphatic rings. The number of ketones is 1. The van der Waals surface area contributed by atoms with Crippen LogP contribution in [0.1, 0.15) is 21.7 Å². The van der Waals surface area contributed by atoms with Crippen LogP contribution in [0.15, 0.2) is 36.4 Å². The van der Waals surface area contributed by atoms with Gasteiger partial charge in [0.05, 0.1) is 18.2 Å². The molecule has 1 aromatic carbocycles. The molecule has 0 aliphatic heterocycles. The lowest BCUT2D eigenvalue weighted by Gasteiger charge is -2.05. The third-order valence-corrected chi connectivity index (χ3v) is 3.08. The zero-order valence-electron chi connectivity index (χ0n) is 9.85. The lowest BCUT2D eigenvalue weighted by molar-refractivity contribution is 0.103. The monoisotopic (exact) mass is 258 g/mol. The minimum atomic E-state index is -0.0710. The predicted molar refractivity (Wildman–Crippen MR) is 69.6 cm³/mol. The first-order valence-corrected chi connectivity index (χ1v) is 5.83. The van der Waals surface area contributed by atoms with Crippen LogP contribution >= 0.6 is 11.6 Å². The Morgan fingerprint density at radius 1 is 1.28 bits per heavy atom. The Bertz CT molecular complexity index is 620. The fourth-order valence-electron chi connectivity index (χ4n) is 1.79. The number of nitrogens with zero attached hydrogens (tertiary/aromatic N) is 2. The quantitative estimate of drug-likeness (QED) is 0.795. The van der Waals surface area contributed by atoms with E-state index in [2.05, 4.69) is 6.07 Å². The molecule has 1 heterocycles. The summed E-state index contributed by atoms with van der Waals surface area (Å²) < 4.78 is 1.75. The Hall–Kier alpha value is -2.05.